The molecule has 1 aromatic carbocycles. The van der Waals surface area contributed by atoms with Crippen molar-refractivity contribution in [1.29, 1.82) is 0 Å². The molecule has 2 aromatic rings. The van der Waals surface area contributed by atoms with Crippen LogP contribution in [0.15, 0.2) is 22.7 Å². The van der Waals surface area contributed by atoms with Crippen molar-refractivity contribution in [2.24, 2.45) is 7.05 Å². The number of aromatic nitrogens is 2. The van der Waals surface area contributed by atoms with E-state index in [4.69, 9.17) is 4.74 Å². The van der Waals surface area contributed by atoms with Crippen LogP contribution in [0.1, 0.15) is 29.4 Å². The van der Waals surface area contributed by atoms with Gasteiger partial charge in [0.2, 0.25) is 0 Å². The number of hydrogen-bond acceptors (Lipinski definition) is 3. The summed E-state index contributed by atoms with van der Waals surface area (Å²) >= 11 is 3.49. The Morgan fingerprint density at radius 3 is 2.78 bits per heavy atom. The van der Waals surface area contributed by atoms with Crippen molar-refractivity contribution >= 4 is 21.8 Å². The number of halogens is 1. The molecule has 1 atom stereocenters. The van der Waals surface area contributed by atoms with Gasteiger partial charge in [0.05, 0.1) is 5.69 Å². The van der Waals surface area contributed by atoms with Crippen LogP contribution in [0.3, 0.4) is 0 Å². The molecule has 1 aliphatic heterocycles. The minimum absolute atomic E-state index is 0.0000227. The standard InChI is InChI=1S/C17H20BrN3O2/c1-10-15(11(2)20(4)19-10)9-21-8-13-7-14(18)5-6-16(13)23-12(3)17(21)22/h5-7,12H,8-9H2,1-4H3. The third kappa shape index (κ3) is 3.00. The van der Waals surface area contributed by atoms with Crippen molar-refractivity contribution < 1.29 is 9.53 Å². The molecule has 0 radical (unpaired) electrons. The molecule has 1 amide bonds. The fourth-order valence-corrected chi connectivity index (χ4v) is 3.35. The van der Waals surface area contributed by atoms with Gasteiger partial charge in [-0.15, -0.1) is 0 Å². The predicted molar refractivity (Wildman–Crippen MR) is 91.2 cm³/mol. The highest BCUT2D eigenvalue weighted by molar-refractivity contribution is 9.10. The Kier molecular flexibility index (Phi) is 4.19. The van der Waals surface area contributed by atoms with E-state index >= 15 is 0 Å². The largest absolute Gasteiger partial charge is 0.481 e. The maximum atomic E-state index is 12.7. The molecule has 0 bridgehead atoms. The van der Waals surface area contributed by atoms with Crippen LogP contribution in [-0.4, -0.2) is 26.7 Å². The van der Waals surface area contributed by atoms with Crippen LogP contribution < -0.4 is 4.74 Å². The second-order valence-electron chi connectivity index (χ2n) is 5.98. The van der Waals surface area contributed by atoms with Gasteiger partial charge in [-0.2, -0.15) is 5.10 Å². The number of hydrogen-bond donors (Lipinski definition) is 0. The van der Waals surface area contributed by atoms with Crippen molar-refractivity contribution in [3.63, 3.8) is 0 Å². The minimum Gasteiger partial charge on any atom is -0.481 e. The molecule has 1 unspecified atom stereocenters. The summed E-state index contributed by atoms with van der Waals surface area (Å²) in [7, 11) is 1.92. The first kappa shape index (κ1) is 16.1. The Morgan fingerprint density at radius 1 is 1.39 bits per heavy atom. The van der Waals surface area contributed by atoms with Gasteiger partial charge in [-0.05, 0) is 39.0 Å². The first-order valence-corrected chi connectivity index (χ1v) is 8.39. The summed E-state index contributed by atoms with van der Waals surface area (Å²) in [4.78, 5) is 14.5. The molecule has 1 aromatic heterocycles. The van der Waals surface area contributed by atoms with Crippen LogP contribution in [-0.2, 0) is 24.9 Å². The van der Waals surface area contributed by atoms with Crippen LogP contribution in [0.5, 0.6) is 5.75 Å². The SMILES string of the molecule is Cc1nn(C)c(C)c1CN1Cc2cc(Br)ccc2OC(C)C1=O. The molecule has 6 heteroatoms. The summed E-state index contributed by atoms with van der Waals surface area (Å²) in [5.41, 5.74) is 4.16. The Morgan fingerprint density at radius 2 is 2.13 bits per heavy atom. The van der Waals surface area contributed by atoms with Crippen molar-refractivity contribution in [2.45, 2.75) is 40.0 Å². The highest BCUT2D eigenvalue weighted by Crippen LogP contribution is 2.29. The van der Waals surface area contributed by atoms with Gasteiger partial charge in [-0.25, -0.2) is 0 Å². The summed E-state index contributed by atoms with van der Waals surface area (Å²) in [5.74, 6) is 0.774. The molecule has 3 rings (SSSR count). The number of nitrogens with zero attached hydrogens (tertiary/aromatic N) is 3. The summed E-state index contributed by atoms with van der Waals surface area (Å²) in [5, 5.41) is 4.44. The molecule has 2 heterocycles. The van der Waals surface area contributed by atoms with Gasteiger partial charge in [0.25, 0.3) is 5.91 Å². The van der Waals surface area contributed by atoms with Crippen molar-refractivity contribution in [2.75, 3.05) is 0 Å². The second kappa shape index (κ2) is 6.00. The maximum Gasteiger partial charge on any atom is 0.263 e. The second-order valence-corrected chi connectivity index (χ2v) is 6.90. The topological polar surface area (TPSA) is 47.4 Å². The molecule has 1 aliphatic rings. The minimum atomic E-state index is -0.491. The highest BCUT2D eigenvalue weighted by atomic mass is 79.9. The van der Waals surface area contributed by atoms with Crippen molar-refractivity contribution in [1.82, 2.24) is 14.7 Å². The quantitative estimate of drug-likeness (QED) is 0.807. The molecular formula is C17H20BrN3O2. The third-order valence-corrected chi connectivity index (χ3v) is 4.85. The monoisotopic (exact) mass is 377 g/mol. The van der Waals surface area contributed by atoms with Crippen LogP contribution >= 0.6 is 15.9 Å². The lowest BCUT2D eigenvalue weighted by atomic mass is 10.1. The van der Waals surface area contributed by atoms with E-state index in [0.717, 1.165) is 32.7 Å². The smallest absolute Gasteiger partial charge is 0.263 e. The zero-order chi connectivity index (χ0) is 16.7. The average molecular weight is 378 g/mol. The lowest BCUT2D eigenvalue weighted by molar-refractivity contribution is -0.138. The Balaban J connectivity index is 1.96. The number of carbonyl (C=O) groups is 1. The lowest BCUT2D eigenvalue weighted by Gasteiger charge is -2.22. The van der Waals surface area contributed by atoms with Crippen LogP contribution in [0.2, 0.25) is 0 Å². The molecule has 122 valence electrons. The van der Waals surface area contributed by atoms with E-state index in [2.05, 4.69) is 21.0 Å². The molecule has 0 fully saturated rings. The van der Waals surface area contributed by atoms with E-state index in [1.165, 1.54) is 0 Å². The third-order valence-electron chi connectivity index (χ3n) is 4.35. The lowest BCUT2D eigenvalue weighted by Crippen LogP contribution is -2.37. The van der Waals surface area contributed by atoms with Gasteiger partial charge in [-0.3, -0.25) is 9.48 Å². The number of benzene rings is 1. The van der Waals surface area contributed by atoms with Crippen LogP contribution in [0.25, 0.3) is 0 Å². The molecule has 23 heavy (non-hydrogen) atoms. The van der Waals surface area contributed by atoms with E-state index in [1.807, 2.05) is 48.7 Å². The summed E-state index contributed by atoms with van der Waals surface area (Å²) in [6.45, 7) is 6.89. The summed E-state index contributed by atoms with van der Waals surface area (Å²) in [6, 6.07) is 5.85. The van der Waals surface area contributed by atoms with E-state index in [1.54, 1.807) is 6.92 Å². The molecule has 0 aliphatic carbocycles. The van der Waals surface area contributed by atoms with Crippen LogP contribution in [0.4, 0.5) is 0 Å². The number of ether oxygens (including phenoxy) is 1. The Hall–Kier alpha value is -1.82. The van der Waals surface area contributed by atoms with Crippen molar-refractivity contribution in [3.05, 3.63) is 45.2 Å². The van der Waals surface area contributed by atoms with E-state index in [9.17, 15) is 4.79 Å². The molecular weight excluding hydrogens is 358 g/mol. The molecule has 0 saturated heterocycles. The summed E-state index contributed by atoms with van der Waals surface area (Å²) in [6.07, 6.45) is -0.491. The molecule has 0 saturated carbocycles. The normalized spacial score (nSPS) is 17.7. The summed E-state index contributed by atoms with van der Waals surface area (Å²) < 4.78 is 8.67. The first-order chi connectivity index (χ1) is 10.9. The predicted octanol–water partition coefficient (Wildman–Crippen LogP) is 3.11. The molecule has 0 spiro atoms. The van der Waals surface area contributed by atoms with Gasteiger partial charge < -0.3 is 9.64 Å². The first-order valence-electron chi connectivity index (χ1n) is 7.59. The number of rotatable bonds is 2. The van der Waals surface area contributed by atoms with E-state index in [-0.39, 0.29) is 5.91 Å². The molecule has 5 nitrogen and oxygen atoms in total. The van der Waals surface area contributed by atoms with Gasteiger partial charge in [-0.1, -0.05) is 15.9 Å². The zero-order valence-corrected chi connectivity index (χ0v) is 15.3. The molecule has 0 N–H and O–H groups in total. The number of amides is 1. The maximum absolute atomic E-state index is 12.7. The number of carbonyl (C=O) groups excluding carboxylic acids is 1. The average Bonchev–Trinajstić information content (AvgIpc) is 2.67. The fourth-order valence-electron chi connectivity index (χ4n) is 2.94. The van der Waals surface area contributed by atoms with Crippen molar-refractivity contribution in [3.8, 4) is 5.75 Å². The van der Waals surface area contributed by atoms with Crippen LogP contribution in [0, 0.1) is 13.8 Å². The number of aryl methyl sites for hydroxylation is 2. The fraction of sp³-hybridized carbons (Fsp3) is 0.412. The van der Waals surface area contributed by atoms with E-state index in [0.29, 0.717) is 13.1 Å². The van der Waals surface area contributed by atoms with Gasteiger partial charge in [0.15, 0.2) is 6.10 Å². The van der Waals surface area contributed by atoms with Gasteiger partial charge in [0.1, 0.15) is 5.75 Å². The van der Waals surface area contributed by atoms with Gasteiger partial charge in [0, 0.05) is 41.4 Å². The Bertz CT molecular complexity index is 769. The zero-order valence-electron chi connectivity index (χ0n) is 13.8. The number of fused-ring (bicyclic) bond motifs is 1. The van der Waals surface area contributed by atoms with E-state index < -0.39 is 6.10 Å². The Labute approximate surface area is 144 Å². The van der Waals surface area contributed by atoms with Gasteiger partial charge >= 0.3 is 0 Å². The highest BCUT2D eigenvalue weighted by Gasteiger charge is 2.29.